The van der Waals surface area contributed by atoms with Gasteiger partial charge in [0.2, 0.25) is 0 Å². The Morgan fingerprint density at radius 3 is 2.33 bits per heavy atom. The molecule has 0 aliphatic rings. The molecule has 0 aromatic carbocycles. The van der Waals surface area contributed by atoms with Crippen LogP contribution in [0.25, 0.3) is 0 Å². The molecule has 0 spiro atoms. The first-order valence-electron chi connectivity index (χ1n) is 3.45. The van der Waals surface area contributed by atoms with Gasteiger partial charge in [-0.1, -0.05) is 30.6 Å². The van der Waals surface area contributed by atoms with Crippen LogP contribution in [0.15, 0.2) is 0 Å². The van der Waals surface area contributed by atoms with Crippen molar-refractivity contribution in [3.63, 3.8) is 0 Å². The highest BCUT2D eigenvalue weighted by atomic mass is 33.1. The van der Waals surface area contributed by atoms with Gasteiger partial charge >= 0.3 is 0 Å². The van der Waals surface area contributed by atoms with Crippen LogP contribution in [0.1, 0.15) is 40.0 Å². The average Bonchev–Trinajstić information content (AvgIpc) is 1.84. The van der Waals surface area contributed by atoms with Crippen molar-refractivity contribution < 1.29 is 0 Å². The second-order valence-corrected chi connectivity index (χ2v) is 4.79. The molecule has 56 valence electrons. The lowest BCUT2D eigenvalue weighted by atomic mass is 10.1. The highest BCUT2D eigenvalue weighted by molar-refractivity contribution is 8.69. The summed E-state index contributed by atoms with van der Waals surface area (Å²) in [5.41, 5.74) is 0. The Morgan fingerprint density at radius 1 is 1.44 bits per heavy atom. The molecule has 0 aromatic heterocycles. The quantitative estimate of drug-likeness (QED) is 0.490. The fourth-order valence-corrected chi connectivity index (χ4v) is 1.16. The zero-order valence-corrected chi connectivity index (χ0v) is 8.19. The summed E-state index contributed by atoms with van der Waals surface area (Å²) in [6.07, 6.45) is 3.88. The largest absolute Gasteiger partial charge is 0.111 e. The van der Waals surface area contributed by atoms with Gasteiger partial charge in [0.05, 0.1) is 0 Å². The van der Waals surface area contributed by atoms with Crippen LogP contribution in [-0.4, -0.2) is 4.75 Å². The van der Waals surface area contributed by atoms with E-state index in [-0.39, 0.29) is 0 Å². The third-order valence-electron chi connectivity index (χ3n) is 1.38. The van der Waals surface area contributed by atoms with Crippen molar-refractivity contribution in [3.8, 4) is 0 Å². The molecule has 0 amide bonds. The molecule has 0 N–H and O–H groups in total. The van der Waals surface area contributed by atoms with E-state index in [0.717, 1.165) is 0 Å². The van der Waals surface area contributed by atoms with E-state index in [1.165, 1.54) is 19.3 Å². The molecule has 0 nitrogen and oxygen atoms in total. The van der Waals surface area contributed by atoms with E-state index in [9.17, 15) is 0 Å². The molecule has 0 fully saturated rings. The first kappa shape index (κ1) is 9.70. The Bertz CT molecular complexity index is 69.3. The Morgan fingerprint density at radius 2 is 2.00 bits per heavy atom. The highest BCUT2D eigenvalue weighted by Gasteiger charge is 2.14. The van der Waals surface area contributed by atoms with Gasteiger partial charge in [-0.05, 0) is 20.3 Å². The molecule has 2 heteroatoms. The van der Waals surface area contributed by atoms with Crippen LogP contribution in [0.5, 0.6) is 0 Å². The lowest BCUT2D eigenvalue weighted by Crippen LogP contribution is -2.11. The van der Waals surface area contributed by atoms with Crippen LogP contribution in [0.2, 0.25) is 0 Å². The van der Waals surface area contributed by atoms with Gasteiger partial charge in [0.15, 0.2) is 0 Å². The van der Waals surface area contributed by atoms with Crippen molar-refractivity contribution in [2.45, 2.75) is 44.8 Å². The summed E-state index contributed by atoms with van der Waals surface area (Å²) in [4.78, 5) is 0. The molecule has 0 rings (SSSR count). The third-order valence-corrected chi connectivity index (χ3v) is 3.56. The number of hydrogen-bond acceptors (Lipinski definition) is 2. The van der Waals surface area contributed by atoms with Crippen LogP contribution in [0.4, 0.5) is 0 Å². The van der Waals surface area contributed by atoms with Crippen molar-refractivity contribution in [1.29, 1.82) is 0 Å². The molecular weight excluding hydrogens is 148 g/mol. The zero-order valence-electron chi connectivity index (χ0n) is 6.48. The molecular formula is C7H16S2. The minimum atomic E-state index is 0.374. The van der Waals surface area contributed by atoms with Crippen LogP contribution in [0.3, 0.4) is 0 Å². The van der Waals surface area contributed by atoms with E-state index in [1.807, 2.05) is 0 Å². The molecule has 0 bridgehead atoms. The summed E-state index contributed by atoms with van der Waals surface area (Å²) in [5.74, 6) is 0. The minimum absolute atomic E-state index is 0.374. The van der Waals surface area contributed by atoms with E-state index in [4.69, 9.17) is 0 Å². The average molecular weight is 164 g/mol. The van der Waals surface area contributed by atoms with Crippen molar-refractivity contribution in [3.05, 3.63) is 0 Å². The smallest absolute Gasteiger partial charge is 0.0205 e. The Balaban J connectivity index is 3.33. The van der Waals surface area contributed by atoms with Gasteiger partial charge in [-0.25, -0.2) is 0 Å². The van der Waals surface area contributed by atoms with Gasteiger partial charge in [-0.2, -0.15) is 0 Å². The molecule has 0 atom stereocenters. The molecule has 0 aliphatic heterocycles. The van der Waals surface area contributed by atoms with Crippen molar-refractivity contribution in [2.75, 3.05) is 0 Å². The van der Waals surface area contributed by atoms with Gasteiger partial charge in [-0.3, -0.25) is 0 Å². The van der Waals surface area contributed by atoms with Gasteiger partial charge in [0.25, 0.3) is 0 Å². The Kier molecular flexibility index (Phi) is 4.86. The standard InChI is InChI=1S/C7H16S2/c1-4-5-6-7(2,3)9-8/h8H,4-6H2,1-3H3. The maximum Gasteiger partial charge on any atom is 0.0205 e. The lowest BCUT2D eigenvalue weighted by molar-refractivity contribution is 0.597. The van der Waals surface area contributed by atoms with Gasteiger partial charge in [0, 0.05) is 4.75 Å². The summed E-state index contributed by atoms with van der Waals surface area (Å²) in [5, 5.41) is 0. The van der Waals surface area contributed by atoms with Crippen molar-refractivity contribution in [2.24, 2.45) is 0 Å². The Labute approximate surface area is 67.6 Å². The van der Waals surface area contributed by atoms with Crippen LogP contribution in [0, 0.1) is 0 Å². The molecule has 0 radical (unpaired) electrons. The van der Waals surface area contributed by atoms with Crippen molar-refractivity contribution in [1.82, 2.24) is 0 Å². The van der Waals surface area contributed by atoms with E-state index in [0.29, 0.717) is 4.75 Å². The maximum atomic E-state index is 4.19. The molecule has 0 heterocycles. The number of hydrogen-bond donors (Lipinski definition) is 1. The second-order valence-electron chi connectivity index (χ2n) is 2.95. The Hall–Kier alpha value is 0.700. The topological polar surface area (TPSA) is 0 Å². The lowest BCUT2D eigenvalue weighted by Gasteiger charge is -2.19. The fraction of sp³-hybridized carbons (Fsp3) is 1.00. The number of unbranched alkanes of at least 4 members (excludes halogenated alkanes) is 1. The molecule has 0 saturated carbocycles. The minimum Gasteiger partial charge on any atom is -0.111 e. The SMILES string of the molecule is CCCCC(C)(C)SS. The summed E-state index contributed by atoms with van der Waals surface area (Å²) < 4.78 is 0.374. The van der Waals surface area contributed by atoms with Gasteiger partial charge in [-0.15, -0.1) is 11.7 Å². The molecule has 9 heavy (non-hydrogen) atoms. The molecule has 0 aromatic rings. The molecule has 0 saturated heterocycles. The summed E-state index contributed by atoms with van der Waals surface area (Å²) >= 11 is 4.19. The predicted octanol–water partition coefficient (Wildman–Crippen LogP) is 3.53. The fourth-order valence-electron chi connectivity index (χ4n) is 0.648. The van der Waals surface area contributed by atoms with E-state index in [2.05, 4.69) is 32.4 Å². The third kappa shape index (κ3) is 5.16. The van der Waals surface area contributed by atoms with Crippen LogP contribution < -0.4 is 0 Å². The summed E-state index contributed by atoms with van der Waals surface area (Å²) in [6.45, 7) is 6.69. The zero-order chi connectivity index (χ0) is 7.33. The van der Waals surface area contributed by atoms with Crippen LogP contribution in [-0.2, 0) is 0 Å². The van der Waals surface area contributed by atoms with Gasteiger partial charge < -0.3 is 0 Å². The van der Waals surface area contributed by atoms with E-state index in [1.54, 1.807) is 10.8 Å². The van der Waals surface area contributed by atoms with Gasteiger partial charge in [0.1, 0.15) is 0 Å². The first-order chi connectivity index (χ1) is 4.12. The normalized spacial score (nSPS) is 12.0. The van der Waals surface area contributed by atoms with E-state index >= 15 is 0 Å². The number of rotatable bonds is 4. The van der Waals surface area contributed by atoms with Crippen molar-refractivity contribution >= 4 is 22.5 Å². The highest BCUT2D eigenvalue weighted by Crippen LogP contribution is 2.32. The first-order valence-corrected chi connectivity index (χ1v) is 5.32. The summed E-state index contributed by atoms with van der Waals surface area (Å²) in [7, 11) is 1.66. The second kappa shape index (κ2) is 4.51. The summed E-state index contributed by atoms with van der Waals surface area (Å²) in [6, 6.07) is 0. The predicted molar refractivity (Wildman–Crippen MR) is 50.2 cm³/mol. The maximum absolute atomic E-state index is 4.19. The molecule has 0 unspecified atom stereocenters. The monoisotopic (exact) mass is 164 g/mol. The van der Waals surface area contributed by atoms with E-state index < -0.39 is 0 Å². The van der Waals surface area contributed by atoms with Crippen LogP contribution >= 0.6 is 22.5 Å². The number of thiol groups is 1. The molecule has 0 aliphatic carbocycles.